The molecule has 1 aromatic carbocycles. The number of pyridine rings is 1. The minimum absolute atomic E-state index is 0.0310. The SMILES string of the molecule is COCC(=O)Nc1ccc2c(c1)[C@@H]1C[C@@H](CC(=O)NCc3ccncc3)O[C@@H](CO)[C@@H]1O2. The van der Waals surface area contributed by atoms with Gasteiger partial charge in [-0.25, -0.2) is 0 Å². The molecule has 3 N–H and O–H groups in total. The van der Waals surface area contributed by atoms with Crippen molar-refractivity contribution in [1.82, 2.24) is 10.3 Å². The molecule has 9 heteroatoms. The van der Waals surface area contributed by atoms with E-state index >= 15 is 0 Å². The number of nitrogens with zero attached hydrogens (tertiary/aromatic N) is 1. The van der Waals surface area contributed by atoms with Crippen LogP contribution in [-0.2, 0) is 25.6 Å². The molecule has 1 aromatic heterocycles. The second-order valence-electron chi connectivity index (χ2n) is 7.97. The summed E-state index contributed by atoms with van der Waals surface area (Å²) in [5, 5.41) is 15.6. The van der Waals surface area contributed by atoms with E-state index in [-0.39, 0.29) is 49.6 Å². The molecule has 4 rings (SSSR count). The minimum atomic E-state index is -0.536. The van der Waals surface area contributed by atoms with Crippen LogP contribution < -0.4 is 15.4 Å². The Hall–Kier alpha value is -3.01. The van der Waals surface area contributed by atoms with Crippen molar-refractivity contribution in [2.75, 3.05) is 25.6 Å². The van der Waals surface area contributed by atoms with Crippen molar-refractivity contribution < 1.29 is 28.9 Å². The number of fused-ring (bicyclic) bond motifs is 3. The van der Waals surface area contributed by atoms with E-state index in [9.17, 15) is 14.7 Å². The highest BCUT2D eigenvalue weighted by Gasteiger charge is 2.46. The van der Waals surface area contributed by atoms with Crippen LogP contribution in [0.2, 0.25) is 0 Å². The van der Waals surface area contributed by atoms with Crippen molar-refractivity contribution in [1.29, 1.82) is 0 Å². The second kappa shape index (κ2) is 10.1. The summed E-state index contributed by atoms with van der Waals surface area (Å²) in [4.78, 5) is 28.3. The van der Waals surface area contributed by atoms with Crippen molar-refractivity contribution in [3.63, 3.8) is 0 Å². The van der Waals surface area contributed by atoms with Gasteiger partial charge < -0.3 is 30.0 Å². The third kappa shape index (κ3) is 5.07. The number of nitrogens with one attached hydrogen (secondary N) is 2. The average Bonchev–Trinajstić information content (AvgIpc) is 3.16. The van der Waals surface area contributed by atoms with Crippen LogP contribution in [-0.4, -0.2) is 60.5 Å². The Balaban J connectivity index is 1.42. The maximum atomic E-state index is 12.5. The maximum Gasteiger partial charge on any atom is 0.250 e. The van der Waals surface area contributed by atoms with Crippen LogP contribution in [0.1, 0.15) is 29.9 Å². The second-order valence-corrected chi connectivity index (χ2v) is 7.97. The zero-order valence-corrected chi connectivity index (χ0v) is 17.8. The fourth-order valence-corrected chi connectivity index (χ4v) is 4.28. The zero-order chi connectivity index (χ0) is 22.5. The van der Waals surface area contributed by atoms with Gasteiger partial charge in [-0.3, -0.25) is 14.6 Å². The van der Waals surface area contributed by atoms with Gasteiger partial charge in [-0.2, -0.15) is 0 Å². The van der Waals surface area contributed by atoms with Crippen molar-refractivity contribution in [3.8, 4) is 5.75 Å². The topological polar surface area (TPSA) is 119 Å². The van der Waals surface area contributed by atoms with Crippen LogP contribution in [0, 0.1) is 0 Å². The largest absolute Gasteiger partial charge is 0.487 e. The van der Waals surface area contributed by atoms with Gasteiger partial charge >= 0.3 is 0 Å². The first-order chi connectivity index (χ1) is 15.6. The Labute approximate surface area is 186 Å². The number of aliphatic hydroxyl groups is 1. The van der Waals surface area contributed by atoms with Gasteiger partial charge in [0.15, 0.2) is 0 Å². The molecule has 0 bridgehead atoms. The Morgan fingerprint density at radius 2 is 2.03 bits per heavy atom. The summed E-state index contributed by atoms with van der Waals surface area (Å²) >= 11 is 0. The third-order valence-corrected chi connectivity index (χ3v) is 5.71. The van der Waals surface area contributed by atoms with E-state index in [2.05, 4.69) is 15.6 Å². The molecule has 0 aliphatic carbocycles. The number of methoxy groups -OCH3 is 1. The van der Waals surface area contributed by atoms with Gasteiger partial charge in [-0.1, -0.05) is 0 Å². The average molecular weight is 441 g/mol. The predicted molar refractivity (Wildman–Crippen MR) is 115 cm³/mol. The predicted octanol–water partition coefficient (Wildman–Crippen LogP) is 1.37. The molecule has 2 aromatic rings. The number of carbonyl (C=O) groups excluding carboxylic acids is 2. The van der Waals surface area contributed by atoms with E-state index in [1.165, 1.54) is 7.11 Å². The fraction of sp³-hybridized carbons (Fsp3) is 0.435. The number of benzene rings is 1. The van der Waals surface area contributed by atoms with Crippen LogP contribution in [0.3, 0.4) is 0 Å². The Morgan fingerprint density at radius 1 is 1.22 bits per heavy atom. The lowest BCUT2D eigenvalue weighted by molar-refractivity contribution is -0.142. The van der Waals surface area contributed by atoms with E-state index in [4.69, 9.17) is 14.2 Å². The quantitative estimate of drug-likeness (QED) is 0.566. The summed E-state index contributed by atoms with van der Waals surface area (Å²) < 4.78 is 16.9. The van der Waals surface area contributed by atoms with Gasteiger partial charge in [0.1, 0.15) is 24.6 Å². The standard InChI is InChI=1S/C23H27N3O6/c1-30-13-22(29)26-15-2-3-19-17(8-15)18-9-16(31-20(12-27)23(18)32-19)10-21(28)25-11-14-4-6-24-7-5-14/h2-8,16,18,20,23,27H,9-13H2,1H3,(H,25,28)(H,26,29)/t16-,18-,20-,23+/m0/s1. The molecule has 2 aliphatic heterocycles. The highest BCUT2D eigenvalue weighted by molar-refractivity contribution is 5.92. The lowest BCUT2D eigenvalue weighted by atomic mass is 9.84. The molecule has 2 aliphatic rings. The minimum Gasteiger partial charge on any atom is -0.487 e. The van der Waals surface area contributed by atoms with E-state index in [1.807, 2.05) is 18.2 Å². The molecule has 0 unspecified atom stereocenters. The van der Waals surface area contributed by atoms with Gasteiger partial charge in [-0.15, -0.1) is 0 Å². The van der Waals surface area contributed by atoms with Gasteiger partial charge in [0.25, 0.3) is 0 Å². The first-order valence-electron chi connectivity index (χ1n) is 10.6. The highest BCUT2D eigenvalue weighted by Crippen LogP contribution is 2.47. The summed E-state index contributed by atoms with van der Waals surface area (Å²) in [7, 11) is 1.46. The number of amides is 2. The molecular formula is C23H27N3O6. The molecule has 0 spiro atoms. The van der Waals surface area contributed by atoms with Gasteiger partial charge in [0.2, 0.25) is 11.8 Å². The van der Waals surface area contributed by atoms with Crippen LogP contribution >= 0.6 is 0 Å². The summed E-state index contributed by atoms with van der Waals surface area (Å²) in [6.07, 6.45) is 2.90. The van der Waals surface area contributed by atoms with Crippen molar-refractivity contribution in [3.05, 3.63) is 53.9 Å². The summed E-state index contributed by atoms with van der Waals surface area (Å²) in [5.41, 5.74) is 2.55. The lowest BCUT2D eigenvalue weighted by Crippen LogP contribution is -2.47. The summed E-state index contributed by atoms with van der Waals surface area (Å²) in [6.45, 7) is 0.179. The van der Waals surface area contributed by atoms with Gasteiger partial charge in [-0.05, 0) is 42.3 Å². The van der Waals surface area contributed by atoms with Gasteiger partial charge in [0, 0.05) is 43.2 Å². The van der Waals surface area contributed by atoms with Crippen LogP contribution in [0.5, 0.6) is 5.75 Å². The number of carbonyl (C=O) groups is 2. The smallest absolute Gasteiger partial charge is 0.250 e. The van der Waals surface area contributed by atoms with Crippen LogP contribution in [0.25, 0.3) is 0 Å². The van der Waals surface area contributed by atoms with Crippen molar-refractivity contribution in [2.45, 2.75) is 43.6 Å². The monoisotopic (exact) mass is 441 g/mol. The lowest BCUT2D eigenvalue weighted by Gasteiger charge is -2.37. The Kier molecular flexibility index (Phi) is 6.99. The Morgan fingerprint density at radius 3 is 2.78 bits per heavy atom. The molecule has 170 valence electrons. The van der Waals surface area contributed by atoms with Gasteiger partial charge in [0.05, 0.1) is 19.1 Å². The number of aliphatic hydroxyl groups excluding tert-OH is 1. The first-order valence-corrected chi connectivity index (χ1v) is 10.6. The van der Waals surface area contributed by atoms with E-state index < -0.39 is 6.10 Å². The third-order valence-electron chi connectivity index (χ3n) is 5.71. The maximum absolute atomic E-state index is 12.5. The molecule has 2 amide bonds. The zero-order valence-electron chi connectivity index (χ0n) is 17.8. The normalized spacial score (nSPS) is 23.6. The van der Waals surface area contributed by atoms with E-state index in [0.29, 0.717) is 24.4 Å². The number of ether oxygens (including phenoxy) is 3. The molecule has 3 heterocycles. The molecule has 9 nitrogen and oxygen atoms in total. The summed E-state index contributed by atoms with van der Waals surface area (Å²) in [6, 6.07) is 9.15. The number of aromatic nitrogens is 1. The fourth-order valence-electron chi connectivity index (χ4n) is 4.28. The summed E-state index contributed by atoms with van der Waals surface area (Å²) in [5.74, 6) is 0.288. The molecule has 32 heavy (non-hydrogen) atoms. The number of hydrogen-bond donors (Lipinski definition) is 3. The highest BCUT2D eigenvalue weighted by atomic mass is 16.6. The number of rotatable bonds is 8. The molecular weight excluding hydrogens is 414 g/mol. The molecule has 1 saturated heterocycles. The molecule has 0 radical (unpaired) electrons. The molecule has 1 fully saturated rings. The first kappa shape index (κ1) is 22.2. The van der Waals surface area contributed by atoms with Crippen LogP contribution in [0.15, 0.2) is 42.7 Å². The number of hydrogen-bond acceptors (Lipinski definition) is 7. The van der Waals surface area contributed by atoms with Crippen LogP contribution in [0.4, 0.5) is 5.69 Å². The number of anilines is 1. The van der Waals surface area contributed by atoms with E-state index in [1.54, 1.807) is 24.5 Å². The Bertz CT molecular complexity index is 954. The van der Waals surface area contributed by atoms with Crippen molar-refractivity contribution in [2.24, 2.45) is 0 Å². The van der Waals surface area contributed by atoms with E-state index in [0.717, 1.165) is 11.1 Å². The van der Waals surface area contributed by atoms with Crippen molar-refractivity contribution >= 4 is 17.5 Å². The molecule has 4 atom stereocenters. The molecule has 0 saturated carbocycles.